The fourth-order valence-electron chi connectivity index (χ4n) is 1.90. The highest BCUT2D eigenvalue weighted by Gasteiger charge is 2.33. The molecule has 2 rings (SSSR count). The maximum Gasteiger partial charge on any atom is 0.410 e. The molecule has 0 bridgehead atoms. The van der Waals surface area contributed by atoms with E-state index in [1.807, 2.05) is 20.8 Å². The van der Waals surface area contributed by atoms with Crippen LogP contribution in [0, 0.1) is 0 Å². The molecule has 114 valence electrons. The number of ether oxygens (including phenoxy) is 1. The van der Waals surface area contributed by atoms with Crippen LogP contribution in [0.3, 0.4) is 0 Å². The molecule has 1 aliphatic heterocycles. The van der Waals surface area contributed by atoms with E-state index in [0.717, 1.165) is 0 Å². The molecule has 1 aliphatic rings. The lowest BCUT2D eigenvalue weighted by Gasteiger charge is -2.40. The van der Waals surface area contributed by atoms with E-state index in [-0.39, 0.29) is 17.7 Å². The average Bonchev–Trinajstić information content (AvgIpc) is 2.31. The van der Waals surface area contributed by atoms with E-state index in [0.29, 0.717) is 18.9 Å². The van der Waals surface area contributed by atoms with Crippen LogP contribution in [0.15, 0.2) is 18.3 Å². The van der Waals surface area contributed by atoms with Crippen molar-refractivity contribution >= 4 is 17.9 Å². The molecule has 1 saturated heterocycles. The van der Waals surface area contributed by atoms with Crippen LogP contribution in [0.25, 0.3) is 0 Å². The number of rotatable bonds is 3. The molecule has 0 aromatic carbocycles. The Kier molecular flexibility index (Phi) is 4.02. The number of hydrogen-bond acceptors (Lipinski definition) is 5. The molecule has 1 fully saturated rings. The van der Waals surface area contributed by atoms with Crippen LogP contribution in [-0.2, 0) is 4.74 Å². The molecular formula is C14H19N3O4. The van der Waals surface area contributed by atoms with E-state index in [4.69, 9.17) is 9.84 Å². The van der Waals surface area contributed by atoms with Crippen molar-refractivity contribution in [2.75, 3.05) is 18.4 Å². The second kappa shape index (κ2) is 5.59. The number of carbonyl (C=O) groups excluding carboxylic acids is 1. The molecule has 21 heavy (non-hydrogen) atoms. The van der Waals surface area contributed by atoms with Gasteiger partial charge in [0.25, 0.3) is 0 Å². The summed E-state index contributed by atoms with van der Waals surface area (Å²) in [4.78, 5) is 28.3. The predicted molar refractivity (Wildman–Crippen MR) is 76.4 cm³/mol. The third kappa shape index (κ3) is 4.08. The smallest absolute Gasteiger partial charge is 0.410 e. The second-order valence-electron chi connectivity index (χ2n) is 5.96. The van der Waals surface area contributed by atoms with Gasteiger partial charge in [0.15, 0.2) is 0 Å². The Morgan fingerprint density at radius 1 is 1.43 bits per heavy atom. The number of anilines is 1. The van der Waals surface area contributed by atoms with E-state index in [2.05, 4.69) is 10.3 Å². The molecule has 7 heteroatoms. The Balaban J connectivity index is 1.84. The zero-order valence-electron chi connectivity index (χ0n) is 12.3. The molecular weight excluding hydrogens is 274 g/mol. The molecule has 0 saturated carbocycles. The van der Waals surface area contributed by atoms with Gasteiger partial charge in [0.05, 0.1) is 11.6 Å². The number of hydrogen-bond donors (Lipinski definition) is 2. The Labute approximate surface area is 122 Å². The molecule has 0 radical (unpaired) electrons. The fourth-order valence-corrected chi connectivity index (χ4v) is 1.90. The van der Waals surface area contributed by atoms with Crippen LogP contribution in [0.2, 0.25) is 0 Å². The van der Waals surface area contributed by atoms with Gasteiger partial charge in [-0.25, -0.2) is 14.6 Å². The molecule has 2 N–H and O–H groups in total. The summed E-state index contributed by atoms with van der Waals surface area (Å²) in [5.41, 5.74) is -0.330. The molecule has 0 unspecified atom stereocenters. The van der Waals surface area contributed by atoms with Gasteiger partial charge in [-0.3, -0.25) is 0 Å². The van der Waals surface area contributed by atoms with Crippen molar-refractivity contribution in [3.05, 3.63) is 23.9 Å². The molecule has 7 nitrogen and oxygen atoms in total. The van der Waals surface area contributed by atoms with Gasteiger partial charge in [-0.15, -0.1) is 0 Å². The predicted octanol–water partition coefficient (Wildman–Crippen LogP) is 1.81. The first-order chi connectivity index (χ1) is 9.74. The van der Waals surface area contributed by atoms with Crippen molar-refractivity contribution < 1.29 is 19.4 Å². The highest BCUT2D eigenvalue weighted by Crippen LogP contribution is 2.18. The number of carboxylic acid groups (broad SMARTS) is 1. The molecule has 0 aliphatic carbocycles. The zero-order chi connectivity index (χ0) is 15.6. The Morgan fingerprint density at radius 2 is 2.10 bits per heavy atom. The maximum absolute atomic E-state index is 11.8. The third-order valence-electron chi connectivity index (χ3n) is 2.89. The van der Waals surface area contributed by atoms with Crippen molar-refractivity contribution in [2.24, 2.45) is 0 Å². The minimum Gasteiger partial charge on any atom is -0.478 e. The number of amides is 1. The number of likely N-dealkylation sites (tertiary alicyclic amines) is 1. The van der Waals surface area contributed by atoms with Gasteiger partial charge in [0.1, 0.15) is 11.4 Å². The minimum absolute atomic E-state index is 0.0501. The summed E-state index contributed by atoms with van der Waals surface area (Å²) in [6.45, 7) is 6.48. The first-order valence-electron chi connectivity index (χ1n) is 6.68. The standard InChI is InChI=1S/C14H19N3O4/c1-14(2,3)21-13(20)17-7-10(8-17)16-11-6-9(12(18)19)4-5-15-11/h4-6,10H,7-8H2,1-3H3,(H,15,16)(H,18,19). The van der Waals surface area contributed by atoms with Gasteiger partial charge in [-0.1, -0.05) is 0 Å². The maximum atomic E-state index is 11.8. The quantitative estimate of drug-likeness (QED) is 0.883. The topological polar surface area (TPSA) is 91.8 Å². The summed E-state index contributed by atoms with van der Waals surface area (Å²) < 4.78 is 5.26. The van der Waals surface area contributed by atoms with Crippen molar-refractivity contribution in [2.45, 2.75) is 32.4 Å². The van der Waals surface area contributed by atoms with Crippen molar-refractivity contribution in [3.63, 3.8) is 0 Å². The van der Waals surface area contributed by atoms with Crippen LogP contribution in [0.1, 0.15) is 31.1 Å². The van der Waals surface area contributed by atoms with Gasteiger partial charge in [0.2, 0.25) is 0 Å². The van der Waals surface area contributed by atoms with Crippen molar-refractivity contribution in [1.29, 1.82) is 0 Å². The zero-order valence-corrected chi connectivity index (χ0v) is 12.3. The molecule has 1 amide bonds. The number of carbonyl (C=O) groups is 2. The Morgan fingerprint density at radius 3 is 2.67 bits per heavy atom. The summed E-state index contributed by atoms with van der Waals surface area (Å²) in [6.07, 6.45) is 1.10. The highest BCUT2D eigenvalue weighted by molar-refractivity contribution is 5.88. The van der Waals surface area contributed by atoms with Crippen molar-refractivity contribution in [1.82, 2.24) is 9.88 Å². The van der Waals surface area contributed by atoms with E-state index < -0.39 is 11.6 Å². The van der Waals surface area contributed by atoms with E-state index in [1.165, 1.54) is 18.3 Å². The second-order valence-corrected chi connectivity index (χ2v) is 5.96. The summed E-state index contributed by atoms with van der Waals surface area (Å²) in [5, 5.41) is 12.0. The number of aromatic nitrogens is 1. The van der Waals surface area contributed by atoms with Crippen LogP contribution >= 0.6 is 0 Å². The number of carboxylic acids is 1. The highest BCUT2D eigenvalue weighted by atomic mass is 16.6. The van der Waals surface area contributed by atoms with Crippen LogP contribution in [-0.4, -0.2) is 51.8 Å². The number of aromatic carboxylic acids is 1. The number of nitrogens with zero attached hydrogens (tertiary/aromatic N) is 2. The lowest BCUT2D eigenvalue weighted by Crippen LogP contribution is -2.58. The van der Waals surface area contributed by atoms with E-state index in [9.17, 15) is 9.59 Å². The van der Waals surface area contributed by atoms with Crippen LogP contribution in [0.5, 0.6) is 0 Å². The number of nitrogens with one attached hydrogen (secondary N) is 1. The first-order valence-corrected chi connectivity index (χ1v) is 6.68. The van der Waals surface area contributed by atoms with Gasteiger partial charge >= 0.3 is 12.1 Å². The summed E-state index contributed by atoms with van der Waals surface area (Å²) in [7, 11) is 0. The van der Waals surface area contributed by atoms with Crippen LogP contribution < -0.4 is 5.32 Å². The Bertz CT molecular complexity index is 547. The lowest BCUT2D eigenvalue weighted by molar-refractivity contribution is 0.0104. The van der Waals surface area contributed by atoms with E-state index in [1.54, 1.807) is 4.90 Å². The number of pyridine rings is 1. The van der Waals surface area contributed by atoms with Gasteiger partial charge < -0.3 is 20.1 Å². The van der Waals surface area contributed by atoms with Crippen molar-refractivity contribution in [3.8, 4) is 0 Å². The fraction of sp³-hybridized carbons (Fsp3) is 0.500. The van der Waals surface area contributed by atoms with Gasteiger partial charge in [-0.05, 0) is 32.9 Å². The average molecular weight is 293 g/mol. The summed E-state index contributed by atoms with van der Waals surface area (Å²) in [5.74, 6) is -0.506. The largest absolute Gasteiger partial charge is 0.478 e. The minimum atomic E-state index is -0.996. The molecule has 2 heterocycles. The summed E-state index contributed by atoms with van der Waals surface area (Å²) in [6, 6.07) is 2.95. The molecule has 1 aromatic heterocycles. The SMILES string of the molecule is CC(C)(C)OC(=O)N1CC(Nc2cc(C(=O)O)ccn2)C1. The third-order valence-corrected chi connectivity index (χ3v) is 2.89. The Hall–Kier alpha value is -2.31. The normalized spacial score (nSPS) is 15.3. The van der Waals surface area contributed by atoms with Gasteiger partial charge in [0, 0.05) is 19.3 Å². The molecule has 0 spiro atoms. The first kappa shape index (κ1) is 15.1. The summed E-state index contributed by atoms with van der Waals surface area (Å²) >= 11 is 0. The monoisotopic (exact) mass is 293 g/mol. The molecule has 1 aromatic rings. The lowest BCUT2D eigenvalue weighted by atomic mass is 10.1. The molecule has 0 atom stereocenters. The van der Waals surface area contributed by atoms with E-state index >= 15 is 0 Å². The van der Waals surface area contributed by atoms with Gasteiger partial charge in [-0.2, -0.15) is 0 Å². The van der Waals surface area contributed by atoms with Crippen LogP contribution in [0.4, 0.5) is 10.6 Å².